The molecule has 0 aromatic heterocycles. The lowest BCUT2D eigenvalue weighted by atomic mass is 10.1. The number of amides is 2. The number of carbonyl (C=O) groups excluding carboxylic acids is 2. The lowest BCUT2D eigenvalue weighted by Gasteiger charge is -2.32. The maximum atomic E-state index is 12.2. The van der Waals surface area contributed by atoms with Gasteiger partial charge in [-0.25, -0.2) is 15.0 Å². The summed E-state index contributed by atoms with van der Waals surface area (Å²) in [5, 5.41) is 35.0. The van der Waals surface area contributed by atoms with Gasteiger partial charge in [-0.1, -0.05) is 0 Å². The highest BCUT2D eigenvalue weighted by atomic mass is 32.2. The Kier molecular flexibility index (Phi) is 15.4. The van der Waals surface area contributed by atoms with E-state index in [2.05, 4.69) is 27.1 Å². The van der Waals surface area contributed by atoms with Gasteiger partial charge in [0.05, 0.1) is 36.7 Å². The van der Waals surface area contributed by atoms with Crippen molar-refractivity contribution in [2.45, 2.75) is 37.3 Å². The predicted molar refractivity (Wildman–Crippen MR) is 141 cm³/mol. The number of alkyl halides is 6. The number of likely N-dealkylation sites (tertiary alicyclic amines) is 1. The molecule has 0 bridgehead atoms. The van der Waals surface area contributed by atoms with Gasteiger partial charge in [0.1, 0.15) is 6.04 Å². The van der Waals surface area contributed by atoms with E-state index in [1.165, 1.54) is 0 Å². The third-order valence-electron chi connectivity index (χ3n) is 5.64. The van der Waals surface area contributed by atoms with Crippen LogP contribution in [0.2, 0.25) is 0 Å². The summed E-state index contributed by atoms with van der Waals surface area (Å²) >= 11 is 1.60. The maximum Gasteiger partial charge on any atom is 0.490 e. The molecule has 2 heterocycles. The fourth-order valence-corrected chi connectivity index (χ4v) is 4.54. The number of hydrogen-bond acceptors (Lipinski definition) is 10. The minimum absolute atomic E-state index is 0.0732. The highest BCUT2D eigenvalue weighted by Crippen LogP contribution is 2.20. The van der Waals surface area contributed by atoms with Gasteiger partial charge in [-0.15, -0.1) is 11.8 Å². The van der Waals surface area contributed by atoms with Crippen LogP contribution in [-0.4, -0.2) is 106 Å². The average Bonchev–Trinajstić information content (AvgIpc) is 3.43. The number of carboxylic acid groups (broad SMARTS) is 2. The maximum absolute atomic E-state index is 12.2. The van der Waals surface area contributed by atoms with Gasteiger partial charge in [0, 0.05) is 30.6 Å². The number of nitrogens with zero attached hydrogens (tertiary/aromatic N) is 4. The highest BCUT2D eigenvalue weighted by molar-refractivity contribution is 7.99. The molecule has 0 radical (unpaired) electrons. The van der Waals surface area contributed by atoms with Gasteiger partial charge in [-0.05, 0) is 37.1 Å². The first-order valence-corrected chi connectivity index (χ1v) is 13.5. The first kappa shape index (κ1) is 37.9. The van der Waals surface area contributed by atoms with E-state index in [0.717, 1.165) is 25.9 Å². The molecule has 242 valence electrons. The van der Waals surface area contributed by atoms with Gasteiger partial charge in [0.15, 0.2) is 0 Å². The number of nitrogens with one attached hydrogen (secondary N) is 3. The molecule has 1 atom stereocenters. The first-order valence-electron chi connectivity index (χ1n) is 12.4. The number of carboxylic acids is 2. The fraction of sp³-hybridized carbons (Fsp3) is 0.500. The Morgan fingerprint density at radius 3 is 1.93 bits per heavy atom. The molecule has 0 aliphatic carbocycles. The monoisotopic (exact) mass is 655 g/mol. The van der Waals surface area contributed by atoms with Gasteiger partial charge in [-0.3, -0.25) is 19.9 Å². The first-order chi connectivity index (χ1) is 20.5. The SMILES string of the molecule is N#Cc1ccc(NC(=O)CN2CCC(NNCC(=O)N3CSCC3C#N)CC2)cc1.O=C(O)C(F)(F)F.O=C(O)C(F)(F)F. The number of anilines is 1. The summed E-state index contributed by atoms with van der Waals surface area (Å²) in [4.78, 5) is 45.9. The fourth-order valence-electron chi connectivity index (χ4n) is 3.44. The molecule has 2 amide bonds. The van der Waals surface area contributed by atoms with E-state index in [1.54, 1.807) is 40.9 Å². The molecule has 5 N–H and O–H groups in total. The summed E-state index contributed by atoms with van der Waals surface area (Å²) in [7, 11) is 0. The quantitative estimate of drug-likeness (QED) is 0.211. The van der Waals surface area contributed by atoms with Crippen molar-refractivity contribution in [3.05, 3.63) is 29.8 Å². The van der Waals surface area contributed by atoms with Crippen LogP contribution in [0.4, 0.5) is 32.0 Å². The number of halogens is 6. The Labute approximate surface area is 250 Å². The lowest BCUT2D eigenvalue weighted by molar-refractivity contribution is -0.193. The summed E-state index contributed by atoms with van der Waals surface area (Å²) < 4.78 is 63.5. The number of aliphatic carboxylic acids is 2. The van der Waals surface area contributed by atoms with Crippen LogP contribution >= 0.6 is 11.8 Å². The number of nitriles is 2. The molecule has 0 saturated carbocycles. The van der Waals surface area contributed by atoms with Crippen molar-refractivity contribution in [2.24, 2.45) is 0 Å². The summed E-state index contributed by atoms with van der Waals surface area (Å²) in [6.45, 7) is 2.05. The molecule has 2 aliphatic rings. The van der Waals surface area contributed by atoms with Crippen LogP contribution in [0.3, 0.4) is 0 Å². The summed E-state index contributed by atoms with van der Waals surface area (Å²) in [5.74, 6) is -4.42. The molecule has 13 nitrogen and oxygen atoms in total. The molecule has 1 unspecified atom stereocenters. The Balaban J connectivity index is 0.000000574. The van der Waals surface area contributed by atoms with Gasteiger partial charge in [0.2, 0.25) is 11.8 Å². The van der Waals surface area contributed by atoms with E-state index >= 15 is 0 Å². The van der Waals surface area contributed by atoms with Crippen molar-refractivity contribution in [3.63, 3.8) is 0 Å². The number of rotatable bonds is 7. The van der Waals surface area contributed by atoms with Crippen molar-refractivity contribution >= 4 is 41.2 Å². The van der Waals surface area contributed by atoms with E-state index < -0.39 is 24.3 Å². The summed E-state index contributed by atoms with van der Waals surface area (Å²) in [6, 6.07) is 10.9. The molecule has 0 spiro atoms. The zero-order valence-electron chi connectivity index (χ0n) is 22.6. The van der Waals surface area contributed by atoms with Crippen LogP contribution in [0.1, 0.15) is 18.4 Å². The Morgan fingerprint density at radius 1 is 0.955 bits per heavy atom. The van der Waals surface area contributed by atoms with Crippen LogP contribution in [0.25, 0.3) is 0 Å². The number of carbonyl (C=O) groups is 4. The molecule has 2 aliphatic heterocycles. The van der Waals surface area contributed by atoms with Gasteiger partial charge < -0.3 is 20.4 Å². The van der Waals surface area contributed by atoms with Crippen LogP contribution in [0.5, 0.6) is 0 Å². The van der Waals surface area contributed by atoms with Crippen molar-refractivity contribution < 1.29 is 55.7 Å². The number of hydrazine groups is 1. The smallest absolute Gasteiger partial charge is 0.475 e. The summed E-state index contributed by atoms with van der Waals surface area (Å²) in [5.41, 5.74) is 7.42. The molecule has 1 aromatic rings. The van der Waals surface area contributed by atoms with Gasteiger partial charge in [0.25, 0.3) is 0 Å². The minimum Gasteiger partial charge on any atom is -0.475 e. The van der Waals surface area contributed by atoms with E-state index in [1.807, 2.05) is 6.07 Å². The number of thioether (sulfide) groups is 1. The second-order valence-electron chi connectivity index (χ2n) is 8.90. The minimum atomic E-state index is -5.08. The van der Waals surface area contributed by atoms with E-state index in [0.29, 0.717) is 29.4 Å². The van der Waals surface area contributed by atoms with Gasteiger partial charge >= 0.3 is 24.3 Å². The van der Waals surface area contributed by atoms with E-state index in [4.69, 9.17) is 30.3 Å². The number of hydrogen-bond donors (Lipinski definition) is 5. The molecule has 2 saturated heterocycles. The van der Waals surface area contributed by atoms with Crippen LogP contribution < -0.4 is 16.2 Å². The number of piperidine rings is 1. The molecular weight excluding hydrogens is 628 g/mol. The zero-order valence-corrected chi connectivity index (χ0v) is 23.4. The highest BCUT2D eigenvalue weighted by Gasteiger charge is 2.39. The molecule has 44 heavy (non-hydrogen) atoms. The van der Waals surface area contributed by atoms with E-state index in [9.17, 15) is 35.9 Å². The third kappa shape index (κ3) is 14.4. The lowest BCUT2D eigenvalue weighted by Crippen LogP contribution is -2.51. The molecule has 20 heteroatoms. The van der Waals surface area contributed by atoms with Crippen LogP contribution in [0, 0.1) is 22.7 Å². The molecule has 3 rings (SSSR count). The second kappa shape index (κ2) is 17.9. The Morgan fingerprint density at radius 2 is 1.48 bits per heavy atom. The third-order valence-corrected chi connectivity index (χ3v) is 6.65. The second-order valence-corrected chi connectivity index (χ2v) is 9.90. The zero-order chi connectivity index (χ0) is 33.5. The predicted octanol–water partition coefficient (Wildman–Crippen LogP) is 1.75. The normalized spacial score (nSPS) is 17.1. The van der Waals surface area contributed by atoms with Gasteiger partial charge in [-0.2, -0.15) is 36.9 Å². The number of benzene rings is 1. The largest absolute Gasteiger partial charge is 0.490 e. The van der Waals surface area contributed by atoms with Crippen molar-refractivity contribution in [1.82, 2.24) is 20.7 Å². The Bertz CT molecular complexity index is 1190. The standard InChI is InChI=1S/C20H25N7O2S.2C2HF3O2/c21-9-15-1-3-16(4-2-15)24-19(28)12-26-7-5-17(6-8-26)25-23-11-20(29)27-14-30-13-18(27)10-22;2*3-2(4,5)1(6)7/h1-4,17-18,23,25H,5-8,11-14H2,(H,24,28);2*(H,6,7). The van der Waals surface area contributed by atoms with E-state index in [-0.39, 0.29) is 30.4 Å². The van der Waals surface area contributed by atoms with Crippen LogP contribution in [0.15, 0.2) is 24.3 Å². The topological polar surface area (TPSA) is 199 Å². The van der Waals surface area contributed by atoms with Crippen molar-refractivity contribution in [2.75, 3.05) is 43.1 Å². The van der Waals surface area contributed by atoms with Crippen molar-refractivity contribution in [3.8, 4) is 12.1 Å². The summed E-state index contributed by atoms with van der Waals surface area (Å²) in [6.07, 6.45) is -8.43. The van der Waals surface area contributed by atoms with Crippen molar-refractivity contribution in [1.29, 1.82) is 10.5 Å². The Hall–Kier alpha value is -4.11. The molecular formula is C24H27F6N7O6S. The molecule has 2 fully saturated rings. The molecule has 1 aromatic carbocycles. The average molecular weight is 656 g/mol. The van der Waals surface area contributed by atoms with Crippen LogP contribution in [-0.2, 0) is 19.2 Å².